The Labute approximate surface area is 108 Å². The quantitative estimate of drug-likeness (QED) is 0.503. The number of esters is 1. The van der Waals surface area contributed by atoms with Crippen molar-refractivity contribution in [2.24, 2.45) is 5.92 Å². The number of carbonyl (C=O) groups excluding carboxylic acids is 2. The molecule has 5 heteroatoms. The van der Waals surface area contributed by atoms with Gasteiger partial charge >= 0.3 is 5.97 Å². The lowest BCUT2D eigenvalue weighted by molar-refractivity contribution is -0.146. The van der Waals surface area contributed by atoms with Gasteiger partial charge in [-0.15, -0.1) is 6.58 Å². The molecule has 1 amide bonds. The maximum absolute atomic E-state index is 11.7. The highest BCUT2D eigenvalue weighted by Gasteiger charge is 2.24. The first-order valence-electron chi connectivity index (χ1n) is 6.09. The van der Waals surface area contributed by atoms with E-state index in [2.05, 4.69) is 16.6 Å². The third-order valence-corrected chi connectivity index (χ3v) is 2.46. The van der Waals surface area contributed by atoms with Crippen LogP contribution in [0, 0.1) is 5.92 Å². The molecule has 0 unspecified atom stereocenters. The molecule has 0 saturated heterocycles. The second kappa shape index (κ2) is 8.69. The molecular formula is C13H23NO4. The fraction of sp³-hybridized carbons (Fsp3) is 0.692. The van der Waals surface area contributed by atoms with Crippen LogP contribution in [-0.4, -0.2) is 36.2 Å². The van der Waals surface area contributed by atoms with Crippen molar-refractivity contribution in [3.05, 3.63) is 12.7 Å². The van der Waals surface area contributed by atoms with Gasteiger partial charge in [-0.25, -0.2) is 4.79 Å². The van der Waals surface area contributed by atoms with Crippen LogP contribution in [0.4, 0.5) is 0 Å². The Morgan fingerprint density at radius 3 is 2.50 bits per heavy atom. The molecule has 0 bridgehead atoms. The number of methoxy groups -OCH3 is 1. The molecule has 104 valence electrons. The van der Waals surface area contributed by atoms with Crippen LogP contribution in [0.2, 0.25) is 0 Å². The van der Waals surface area contributed by atoms with Crippen LogP contribution >= 0.6 is 0 Å². The van der Waals surface area contributed by atoms with E-state index in [1.807, 2.05) is 13.8 Å². The molecular weight excluding hydrogens is 234 g/mol. The molecule has 18 heavy (non-hydrogen) atoms. The Bertz CT molecular complexity index is 289. The molecule has 0 radical (unpaired) electrons. The number of rotatable bonds is 8. The summed E-state index contributed by atoms with van der Waals surface area (Å²) in [7, 11) is 1.26. The molecule has 0 aromatic carbocycles. The fourth-order valence-electron chi connectivity index (χ4n) is 1.50. The molecule has 0 saturated carbocycles. The molecule has 2 N–H and O–H groups in total. The van der Waals surface area contributed by atoms with E-state index in [1.165, 1.54) is 7.11 Å². The monoisotopic (exact) mass is 257 g/mol. The molecule has 0 heterocycles. The summed E-state index contributed by atoms with van der Waals surface area (Å²) in [6, 6.07) is -0.734. The number of nitrogens with one attached hydrogen (secondary N) is 1. The molecule has 0 rings (SSSR count). The first-order valence-corrected chi connectivity index (χ1v) is 6.09. The van der Waals surface area contributed by atoms with Crippen LogP contribution < -0.4 is 5.32 Å². The largest absolute Gasteiger partial charge is 0.467 e. The number of hydrogen-bond acceptors (Lipinski definition) is 4. The SMILES string of the molecule is C=CCC[C@@H](NC(=O)[C@H](O)CC(C)C)C(=O)OC. The molecule has 0 aliphatic rings. The van der Waals surface area contributed by atoms with E-state index in [1.54, 1.807) is 6.08 Å². The van der Waals surface area contributed by atoms with E-state index in [0.717, 1.165) is 0 Å². The van der Waals surface area contributed by atoms with Gasteiger partial charge in [0.1, 0.15) is 12.1 Å². The Hall–Kier alpha value is -1.36. The predicted molar refractivity (Wildman–Crippen MR) is 68.8 cm³/mol. The molecule has 0 aromatic rings. The van der Waals surface area contributed by atoms with Crippen molar-refractivity contribution in [2.45, 2.75) is 45.3 Å². The third-order valence-electron chi connectivity index (χ3n) is 2.46. The lowest BCUT2D eigenvalue weighted by atomic mass is 10.0. The van der Waals surface area contributed by atoms with Gasteiger partial charge in [0.15, 0.2) is 0 Å². The Kier molecular flexibility index (Phi) is 8.03. The van der Waals surface area contributed by atoms with Crippen LogP contribution in [0.1, 0.15) is 33.1 Å². The van der Waals surface area contributed by atoms with Crippen LogP contribution in [0.25, 0.3) is 0 Å². The smallest absolute Gasteiger partial charge is 0.328 e. The maximum Gasteiger partial charge on any atom is 0.328 e. The molecule has 2 atom stereocenters. The summed E-state index contributed by atoms with van der Waals surface area (Å²) < 4.78 is 4.60. The number of aliphatic hydroxyl groups is 1. The summed E-state index contributed by atoms with van der Waals surface area (Å²) >= 11 is 0. The van der Waals surface area contributed by atoms with Crippen molar-refractivity contribution in [1.82, 2.24) is 5.32 Å². The van der Waals surface area contributed by atoms with Gasteiger partial charge in [-0.3, -0.25) is 4.79 Å². The molecule has 0 spiro atoms. The van der Waals surface area contributed by atoms with Crippen LogP contribution in [0.5, 0.6) is 0 Å². The minimum absolute atomic E-state index is 0.204. The lowest BCUT2D eigenvalue weighted by Crippen LogP contribution is -2.46. The van der Waals surface area contributed by atoms with Gasteiger partial charge in [0.2, 0.25) is 5.91 Å². The van der Waals surface area contributed by atoms with E-state index in [9.17, 15) is 14.7 Å². The second-order valence-corrected chi connectivity index (χ2v) is 4.60. The van der Waals surface area contributed by atoms with Crippen LogP contribution in [0.15, 0.2) is 12.7 Å². The summed E-state index contributed by atoms with van der Waals surface area (Å²) in [6.07, 6.45) is 1.92. The Morgan fingerprint density at radius 1 is 1.44 bits per heavy atom. The van der Waals surface area contributed by atoms with E-state index in [4.69, 9.17) is 0 Å². The number of ether oxygens (including phenoxy) is 1. The second-order valence-electron chi connectivity index (χ2n) is 4.60. The average molecular weight is 257 g/mol. The van der Waals surface area contributed by atoms with Gasteiger partial charge in [-0.05, 0) is 25.2 Å². The number of hydrogen-bond donors (Lipinski definition) is 2. The fourth-order valence-corrected chi connectivity index (χ4v) is 1.50. The first-order chi connectivity index (χ1) is 8.42. The number of amides is 1. The molecule has 0 aromatic heterocycles. The highest BCUT2D eigenvalue weighted by atomic mass is 16.5. The van der Waals surface area contributed by atoms with E-state index in [0.29, 0.717) is 19.3 Å². The number of aliphatic hydroxyl groups excluding tert-OH is 1. The van der Waals surface area contributed by atoms with Gasteiger partial charge < -0.3 is 15.2 Å². The zero-order valence-electron chi connectivity index (χ0n) is 11.3. The Balaban J connectivity index is 4.41. The molecule has 0 aliphatic heterocycles. The predicted octanol–water partition coefficient (Wildman–Crippen LogP) is 1.02. The van der Waals surface area contributed by atoms with Crippen molar-refractivity contribution >= 4 is 11.9 Å². The zero-order chi connectivity index (χ0) is 14.1. The molecule has 0 aliphatic carbocycles. The van der Waals surface area contributed by atoms with Gasteiger partial charge in [-0.2, -0.15) is 0 Å². The van der Waals surface area contributed by atoms with Gasteiger partial charge in [0, 0.05) is 0 Å². The van der Waals surface area contributed by atoms with Crippen molar-refractivity contribution in [3.8, 4) is 0 Å². The normalized spacial score (nSPS) is 13.8. The summed E-state index contributed by atoms with van der Waals surface area (Å²) in [6.45, 7) is 7.37. The summed E-state index contributed by atoms with van der Waals surface area (Å²) in [4.78, 5) is 23.1. The summed E-state index contributed by atoms with van der Waals surface area (Å²) in [5.74, 6) is -0.847. The van der Waals surface area contributed by atoms with Gasteiger partial charge in [-0.1, -0.05) is 19.9 Å². The van der Waals surface area contributed by atoms with Crippen molar-refractivity contribution in [1.29, 1.82) is 0 Å². The van der Waals surface area contributed by atoms with Crippen molar-refractivity contribution < 1.29 is 19.4 Å². The van der Waals surface area contributed by atoms with Crippen LogP contribution in [-0.2, 0) is 14.3 Å². The van der Waals surface area contributed by atoms with Crippen molar-refractivity contribution in [2.75, 3.05) is 7.11 Å². The lowest BCUT2D eigenvalue weighted by Gasteiger charge is -2.19. The minimum Gasteiger partial charge on any atom is -0.467 e. The average Bonchev–Trinajstić information content (AvgIpc) is 2.32. The minimum atomic E-state index is -1.10. The van der Waals surface area contributed by atoms with Gasteiger partial charge in [0.25, 0.3) is 0 Å². The summed E-state index contributed by atoms with van der Waals surface area (Å²) in [5, 5.41) is 12.1. The standard InChI is InChI=1S/C13H23NO4/c1-5-6-7-10(13(17)18-4)14-12(16)11(15)8-9(2)3/h5,9-11,15H,1,6-8H2,2-4H3,(H,14,16)/t10-,11-/m1/s1. The maximum atomic E-state index is 11.7. The molecule has 5 nitrogen and oxygen atoms in total. The highest BCUT2D eigenvalue weighted by molar-refractivity contribution is 5.86. The van der Waals surface area contributed by atoms with Crippen molar-refractivity contribution in [3.63, 3.8) is 0 Å². The van der Waals surface area contributed by atoms with E-state index >= 15 is 0 Å². The zero-order valence-corrected chi connectivity index (χ0v) is 11.3. The highest BCUT2D eigenvalue weighted by Crippen LogP contribution is 2.06. The number of allylic oxidation sites excluding steroid dienone is 1. The topological polar surface area (TPSA) is 75.6 Å². The van der Waals surface area contributed by atoms with Crippen LogP contribution in [0.3, 0.4) is 0 Å². The number of carbonyl (C=O) groups is 2. The van der Waals surface area contributed by atoms with Gasteiger partial charge in [0.05, 0.1) is 7.11 Å². The molecule has 0 fully saturated rings. The van der Waals surface area contributed by atoms with E-state index in [-0.39, 0.29) is 5.92 Å². The Morgan fingerprint density at radius 2 is 2.06 bits per heavy atom. The first kappa shape index (κ1) is 16.6. The van der Waals surface area contributed by atoms with E-state index < -0.39 is 24.0 Å². The third kappa shape index (κ3) is 6.39. The summed E-state index contributed by atoms with van der Waals surface area (Å²) in [5.41, 5.74) is 0.